The minimum absolute atomic E-state index is 0.0507. The molecule has 1 aromatic rings. The van der Waals surface area contributed by atoms with Gasteiger partial charge in [0, 0.05) is 23.6 Å². The molecule has 1 aliphatic carbocycles. The second kappa shape index (κ2) is 5.86. The molecular formula is C15H8F3N3O3S. The summed E-state index contributed by atoms with van der Waals surface area (Å²) < 4.78 is 64.8. The molecule has 0 atom stereocenters. The summed E-state index contributed by atoms with van der Waals surface area (Å²) >= 11 is 0. The summed E-state index contributed by atoms with van der Waals surface area (Å²) in [4.78, 5) is 0. The Morgan fingerprint density at radius 3 is 2.44 bits per heavy atom. The van der Waals surface area contributed by atoms with E-state index in [0.717, 1.165) is 6.08 Å². The Hall–Kier alpha value is -2.93. The van der Waals surface area contributed by atoms with E-state index >= 15 is 0 Å². The maximum absolute atomic E-state index is 12.6. The molecule has 0 spiro atoms. The molecule has 0 aromatic heterocycles. The molecule has 0 radical (unpaired) electrons. The van der Waals surface area contributed by atoms with Gasteiger partial charge < -0.3 is 4.18 Å². The Bertz CT molecular complexity index is 998. The monoisotopic (exact) mass is 367 g/mol. The van der Waals surface area contributed by atoms with Crippen molar-refractivity contribution in [3.8, 4) is 6.07 Å². The summed E-state index contributed by atoms with van der Waals surface area (Å²) in [6.07, 6.45) is 1.08. The zero-order valence-corrected chi connectivity index (χ0v) is 13.1. The predicted octanol–water partition coefficient (Wildman–Crippen LogP) is 2.62. The number of hydrogen-bond donors (Lipinski definition) is 0. The van der Waals surface area contributed by atoms with E-state index in [9.17, 15) is 21.6 Å². The molecule has 0 fully saturated rings. The predicted molar refractivity (Wildman–Crippen MR) is 81.8 cm³/mol. The lowest BCUT2D eigenvalue weighted by Crippen LogP contribution is -2.25. The van der Waals surface area contributed by atoms with Crippen LogP contribution in [-0.4, -0.2) is 25.3 Å². The van der Waals surface area contributed by atoms with E-state index in [1.54, 1.807) is 36.4 Å². The van der Waals surface area contributed by atoms with E-state index in [0.29, 0.717) is 5.56 Å². The molecule has 2 aliphatic rings. The molecule has 1 aliphatic heterocycles. The van der Waals surface area contributed by atoms with Crippen LogP contribution in [0, 0.1) is 11.3 Å². The summed E-state index contributed by atoms with van der Waals surface area (Å²) in [6, 6.07) is 10.4. The molecule has 6 nitrogen and oxygen atoms in total. The highest BCUT2D eigenvalue weighted by Gasteiger charge is 2.50. The Morgan fingerprint density at radius 2 is 1.84 bits per heavy atom. The number of nitriles is 1. The van der Waals surface area contributed by atoms with Gasteiger partial charge in [0.05, 0.1) is 0 Å². The zero-order chi connectivity index (χ0) is 18.2. The van der Waals surface area contributed by atoms with Crippen molar-refractivity contribution >= 4 is 21.5 Å². The van der Waals surface area contributed by atoms with Crippen LogP contribution in [0.4, 0.5) is 13.2 Å². The van der Waals surface area contributed by atoms with Crippen LogP contribution in [0.25, 0.3) is 0 Å². The van der Waals surface area contributed by atoms with Gasteiger partial charge in [-0.15, -0.1) is 10.2 Å². The van der Waals surface area contributed by atoms with E-state index in [4.69, 9.17) is 5.26 Å². The number of fused-ring (bicyclic) bond motifs is 1. The highest BCUT2D eigenvalue weighted by atomic mass is 32.2. The third kappa shape index (κ3) is 3.06. The quantitative estimate of drug-likeness (QED) is 0.604. The van der Waals surface area contributed by atoms with Crippen molar-refractivity contribution in [1.82, 2.24) is 0 Å². The number of nitrogens with zero attached hydrogens (tertiary/aromatic N) is 3. The SMILES string of the molecule is N#CC1=NN=C2C=C(OS(=O)(=O)C(F)(F)F)C(Cc3ccccc3)=C12. The number of benzene rings is 1. The number of alkyl halides is 3. The first-order chi connectivity index (χ1) is 11.7. The van der Waals surface area contributed by atoms with Crippen LogP contribution in [0.1, 0.15) is 5.56 Å². The minimum Gasteiger partial charge on any atom is -0.376 e. The normalized spacial score (nSPS) is 16.8. The van der Waals surface area contributed by atoms with Crippen molar-refractivity contribution in [2.75, 3.05) is 0 Å². The third-order valence-electron chi connectivity index (χ3n) is 3.43. The summed E-state index contributed by atoms with van der Waals surface area (Å²) in [5.74, 6) is -0.516. The largest absolute Gasteiger partial charge is 0.534 e. The molecule has 0 saturated heterocycles. The maximum Gasteiger partial charge on any atom is 0.534 e. The summed E-state index contributed by atoms with van der Waals surface area (Å²) in [6.45, 7) is 0. The Kier molecular flexibility index (Phi) is 3.96. The molecular weight excluding hydrogens is 359 g/mol. The Labute approximate surface area is 140 Å². The number of halogens is 3. The van der Waals surface area contributed by atoms with Gasteiger partial charge >= 0.3 is 15.6 Å². The van der Waals surface area contributed by atoms with E-state index in [2.05, 4.69) is 14.4 Å². The first-order valence-electron chi connectivity index (χ1n) is 6.79. The topological polar surface area (TPSA) is 91.9 Å². The molecule has 1 heterocycles. The lowest BCUT2D eigenvalue weighted by molar-refractivity contribution is -0.0520. The van der Waals surface area contributed by atoms with Crippen molar-refractivity contribution in [3.63, 3.8) is 0 Å². The van der Waals surface area contributed by atoms with Crippen LogP contribution in [0.3, 0.4) is 0 Å². The van der Waals surface area contributed by atoms with E-state index in [-0.39, 0.29) is 29.0 Å². The van der Waals surface area contributed by atoms with Gasteiger partial charge in [-0.2, -0.15) is 26.9 Å². The van der Waals surface area contributed by atoms with Gasteiger partial charge in [0.25, 0.3) is 0 Å². The first kappa shape index (κ1) is 16.9. The standard InChI is InChI=1S/C15H8F3N3O3S/c16-15(17,18)25(22,23)24-13-7-11-14(12(8-19)21-20-11)10(13)6-9-4-2-1-3-5-9/h1-5,7H,6H2. The molecule has 0 amide bonds. The van der Waals surface area contributed by atoms with Gasteiger partial charge in [0.15, 0.2) is 5.71 Å². The highest BCUT2D eigenvalue weighted by molar-refractivity contribution is 7.87. The van der Waals surface area contributed by atoms with Crippen LogP contribution in [0.15, 0.2) is 63.5 Å². The summed E-state index contributed by atoms with van der Waals surface area (Å²) in [5, 5.41) is 16.4. The molecule has 3 rings (SSSR count). The van der Waals surface area contributed by atoms with Gasteiger partial charge in [0.1, 0.15) is 17.5 Å². The molecule has 0 saturated carbocycles. The second-order valence-electron chi connectivity index (χ2n) is 5.05. The highest BCUT2D eigenvalue weighted by Crippen LogP contribution is 2.36. The van der Waals surface area contributed by atoms with E-state index < -0.39 is 21.4 Å². The van der Waals surface area contributed by atoms with E-state index in [1.807, 2.05) is 0 Å². The smallest absolute Gasteiger partial charge is 0.376 e. The Balaban J connectivity index is 2.03. The lowest BCUT2D eigenvalue weighted by Gasteiger charge is -2.13. The summed E-state index contributed by atoms with van der Waals surface area (Å²) in [7, 11) is -5.84. The molecule has 128 valence electrons. The number of allylic oxidation sites excluding steroid dienone is 3. The average Bonchev–Trinajstić information content (AvgIpc) is 3.07. The van der Waals surface area contributed by atoms with Crippen molar-refractivity contribution < 1.29 is 25.8 Å². The van der Waals surface area contributed by atoms with Crippen LogP contribution >= 0.6 is 0 Å². The van der Waals surface area contributed by atoms with Gasteiger partial charge in [-0.25, -0.2) is 0 Å². The zero-order valence-electron chi connectivity index (χ0n) is 12.3. The third-order valence-corrected chi connectivity index (χ3v) is 4.40. The van der Waals surface area contributed by atoms with Crippen LogP contribution in [0.5, 0.6) is 0 Å². The van der Waals surface area contributed by atoms with Gasteiger partial charge in [-0.05, 0) is 5.56 Å². The van der Waals surface area contributed by atoms with Crippen molar-refractivity contribution in [2.24, 2.45) is 10.2 Å². The summed E-state index contributed by atoms with van der Waals surface area (Å²) in [5.41, 5.74) is -4.61. The molecule has 0 bridgehead atoms. The molecule has 10 heteroatoms. The number of rotatable bonds is 4. The fraction of sp³-hybridized carbons (Fsp3) is 0.133. The minimum atomic E-state index is -5.84. The van der Waals surface area contributed by atoms with E-state index in [1.165, 1.54) is 0 Å². The van der Waals surface area contributed by atoms with Gasteiger partial charge in [-0.3, -0.25) is 0 Å². The molecule has 25 heavy (non-hydrogen) atoms. The maximum atomic E-state index is 12.6. The molecule has 1 aromatic carbocycles. The first-order valence-corrected chi connectivity index (χ1v) is 8.20. The van der Waals surface area contributed by atoms with Crippen LogP contribution < -0.4 is 0 Å². The fourth-order valence-electron chi connectivity index (χ4n) is 2.35. The fourth-order valence-corrected chi connectivity index (χ4v) is 2.83. The molecule has 0 N–H and O–H groups in total. The van der Waals surface area contributed by atoms with Crippen molar-refractivity contribution in [1.29, 1.82) is 5.26 Å². The van der Waals surface area contributed by atoms with Gasteiger partial charge in [0.2, 0.25) is 0 Å². The van der Waals surface area contributed by atoms with Crippen molar-refractivity contribution in [2.45, 2.75) is 11.9 Å². The van der Waals surface area contributed by atoms with Crippen molar-refractivity contribution in [3.05, 3.63) is 58.9 Å². The van der Waals surface area contributed by atoms with Crippen LogP contribution in [-0.2, 0) is 20.7 Å². The van der Waals surface area contributed by atoms with Crippen LogP contribution in [0.2, 0.25) is 0 Å². The second-order valence-corrected chi connectivity index (χ2v) is 6.59. The number of hydrogen-bond acceptors (Lipinski definition) is 6. The Morgan fingerprint density at radius 1 is 1.16 bits per heavy atom. The molecule has 0 unspecified atom stereocenters. The van der Waals surface area contributed by atoms with Gasteiger partial charge in [-0.1, -0.05) is 30.3 Å². The lowest BCUT2D eigenvalue weighted by atomic mass is 9.99. The average molecular weight is 367 g/mol.